The number of carbonyl (C=O) groups is 2. The first-order valence-electron chi connectivity index (χ1n) is 5.18. The van der Waals surface area contributed by atoms with Crippen molar-refractivity contribution in [3.63, 3.8) is 0 Å². The first kappa shape index (κ1) is 12.8. The van der Waals surface area contributed by atoms with Gasteiger partial charge in [-0.1, -0.05) is 0 Å². The van der Waals surface area contributed by atoms with E-state index in [-0.39, 0.29) is 18.0 Å². The molecule has 5 N–H and O–H groups in total. The Balaban J connectivity index is 2.73. The second-order valence-electron chi connectivity index (χ2n) is 3.41. The molecule has 0 heterocycles. The summed E-state index contributed by atoms with van der Waals surface area (Å²) in [4.78, 5) is 22.0. The highest BCUT2D eigenvalue weighted by atomic mass is 16.4. The van der Waals surface area contributed by atoms with Gasteiger partial charge >= 0.3 is 5.97 Å². The zero-order valence-corrected chi connectivity index (χ0v) is 9.49. The second kappa shape index (κ2) is 5.74. The van der Waals surface area contributed by atoms with Crippen molar-refractivity contribution in [2.45, 2.75) is 6.92 Å². The number of carboxylic acids is 1. The maximum atomic E-state index is 11.2. The molecule has 0 aliphatic carbocycles. The number of nitrogens with one attached hydrogen (secondary N) is 2. The zero-order chi connectivity index (χ0) is 12.8. The molecule has 1 aromatic carbocycles. The van der Waals surface area contributed by atoms with Gasteiger partial charge in [0.2, 0.25) is 5.91 Å². The van der Waals surface area contributed by atoms with E-state index >= 15 is 0 Å². The van der Waals surface area contributed by atoms with Crippen LogP contribution in [-0.4, -0.2) is 30.1 Å². The summed E-state index contributed by atoms with van der Waals surface area (Å²) in [5.41, 5.74) is 6.63. The van der Waals surface area contributed by atoms with E-state index < -0.39 is 5.97 Å². The lowest BCUT2D eigenvalue weighted by Crippen LogP contribution is -2.29. The summed E-state index contributed by atoms with van der Waals surface area (Å²) in [6, 6.07) is 4.30. The molecule has 0 aliphatic heterocycles. The Morgan fingerprint density at radius 1 is 1.41 bits per heavy atom. The number of benzene rings is 1. The Labute approximate surface area is 98.8 Å². The van der Waals surface area contributed by atoms with Gasteiger partial charge in [-0.2, -0.15) is 0 Å². The van der Waals surface area contributed by atoms with Crippen LogP contribution in [0.5, 0.6) is 0 Å². The molecule has 0 bridgehead atoms. The molecular formula is C11H15N3O3. The molecule has 0 spiro atoms. The van der Waals surface area contributed by atoms with Gasteiger partial charge < -0.3 is 21.5 Å². The Bertz CT molecular complexity index is 432. The van der Waals surface area contributed by atoms with Gasteiger partial charge in [0.25, 0.3) is 0 Å². The monoisotopic (exact) mass is 237 g/mol. The Morgan fingerprint density at radius 3 is 2.71 bits per heavy atom. The highest BCUT2D eigenvalue weighted by molar-refractivity contribution is 5.91. The van der Waals surface area contributed by atoms with Gasteiger partial charge in [0.1, 0.15) is 0 Å². The van der Waals surface area contributed by atoms with Crippen molar-refractivity contribution >= 4 is 23.3 Å². The number of carboxylic acid groups (broad SMARTS) is 1. The maximum absolute atomic E-state index is 11.2. The number of carbonyl (C=O) groups excluding carboxylic acids is 1. The van der Waals surface area contributed by atoms with Crippen LogP contribution in [-0.2, 0) is 4.79 Å². The lowest BCUT2D eigenvalue weighted by atomic mass is 10.1. The van der Waals surface area contributed by atoms with E-state index in [1.165, 1.54) is 18.2 Å². The molecule has 0 saturated heterocycles. The van der Waals surface area contributed by atoms with Gasteiger partial charge in [-0.05, 0) is 25.1 Å². The van der Waals surface area contributed by atoms with E-state index in [9.17, 15) is 9.59 Å². The van der Waals surface area contributed by atoms with Crippen LogP contribution in [0.25, 0.3) is 0 Å². The quantitative estimate of drug-likeness (QED) is 0.559. The van der Waals surface area contributed by atoms with Gasteiger partial charge in [0.15, 0.2) is 0 Å². The maximum Gasteiger partial charge on any atom is 0.335 e. The minimum Gasteiger partial charge on any atom is -0.478 e. The highest BCUT2D eigenvalue weighted by Gasteiger charge is 2.07. The molecule has 92 valence electrons. The predicted octanol–water partition coefficient (Wildman–Crippen LogP) is 0.515. The molecule has 6 heteroatoms. The van der Waals surface area contributed by atoms with Crippen LogP contribution in [0.1, 0.15) is 17.3 Å². The van der Waals surface area contributed by atoms with Crippen LogP contribution >= 0.6 is 0 Å². The summed E-state index contributed by atoms with van der Waals surface area (Å²) in [6.45, 7) is 2.42. The number of rotatable bonds is 5. The van der Waals surface area contributed by atoms with Crippen molar-refractivity contribution in [3.05, 3.63) is 23.8 Å². The summed E-state index contributed by atoms with van der Waals surface area (Å²) in [5.74, 6) is -1.21. The molecule has 0 radical (unpaired) electrons. The average molecular weight is 237 g/mol. The van der Waals surface area contributed by atoms with Crippen molar-refractivity contribution < 1.29 is 14.7 Å². The number of aromatic carboxylic acids is 1. The summed E-state index contributed by atoms with van der Waals surface area (Å²) in [7, 11) is 0. The van der Waals surface area contributed by atoms with E-state index in [4.69, 9.17) is 10.8 Å². The number of amides is 1. The smallest absolute Gasteiger partial charge is 0.335 e. The predicted molar refractivity (Wildman–Crippen MR) is 65.0 cm³/mol. The van der Waals surface area contributed by atoms with Gasteiger partial charge in [-0.3, -0.25) is 4.79 Å². The van der Waals surface area contributed by atoms with Crippen LogP contribution in [0.2, 0.25) is 0 Å². The summed E-state index contributed by atoms with van der Waals surface area (Å²) < 4.78 is 0. The lowest BCUT2D eigenvalue weighted by molar-refractivity contribution is -0.119. The van der Waals surface area contributed by atoms with Crippen LogP contribution in [0.4, 0.5) is 11.4 Å². The molecule has 17 heavy (non-hydrogen) atoms. The first-order valence-corrected chi connectivity index (χ1v) is 5.18. The Kier molecular flexibility index (Phi) is 4.33. The molecule has 0 fully saturated rings. The van der Waals surface area contributed by atoms with E-state index in [0.29, 0.717) is 17.9 Å². The first-order chi connectivity index (χ1) is 8.04. The van der Waals surface area contributed by atoms with Crippen molar-refractivity contribution in [1.82, 2.24) is 5.32 Å². The van der Waals surface area contributed by atoms with E-state index in [2.05, 4.69) is 10.6 Å². The molecular weight excluding hydrogens is 222 g/mol. The third-order valence-electron chi connectivity index (χ3n) is 2.11. The van der Waals surface area contributed by atoms with Gasteiger partial charge in [-0.15, -0.1) is 0 Å². The average Bonchev–Trinajstić information content (AvgIpc) is 2.28. The van der Waals surface area contributed by atoms with Crippen molar-refractivity contribution in [1.29, 1.82) is 0 Å². The molecule has 1 rings (SSSR count). The topological polar surface area (TPSA) is 104 Å². The molecule has 0 aromatic heterocycles. The number of nitrogen functional groups attached to an aromatic ring is 1. The van der Waals surface area contributed by atoms with Crippen molar-refractivity contribution in [2.75, 3.05) is 24.1 Å². The van der Waals surface area contributed by atoms with Gasteiger partial charge in [0, 0.05) is 6.54 Å². The fraction of sp³-hybridized carbons (Fsp3) is 0.273. The molecule has 6 nitrogen and oxygen atoms in total. The number of anilines is 2. The second-order valence-corrected chi connectivity index (χ2v) is 3.41. The summed E-state index contributed by atoms with van der Waals surface area (Å²) in [5, 5.41) is 14.2. The normalized spacial score (nSPS) is 9.71. The Hall–Kier alpha value is -2.24. The molecule has 0 aliphatic rings. The van der Waals surface area contributed by atoms with E-state index in [1.807, 2.05) is 6.92 Å². The number of nitrogens with two attached hydrogens (primary N) is 1. The lowest BCUT2D eigenvalue weighted by Gasteiger charge is -2.09. The largest absolute Gasteiger partial charge is 0.478 e. The minimum absolute atomic E-state index is 0.0567. The SMILES string of the molecule is CCNC(=O)CNc1cc(C(=O)O)ccc1N. The zero-order valence-electron chi connectivity index (χ0n) is 9.49. The van der Waals surface area contributed by atoms with Crippen LogP contribution in [0.3, 0.4) is 0 Å². The summed E-state index contributed by atoms with van der Waals surface area (Å²) >= 11 is 0. The summed E-state index contributed by atoms with van der Waals surface area (Å²) in [6.07, 6.45) is 0. The standard InChI is InChI=1S/C11H15N3O3/c1-2-13-10(15)6-14-9-5-7(11(16)17)3-4-8(9)12/h3-5,14H,2,6,12H2,1H3,(H,13,15)(H,16,17). The van der Waals surface area contributed by atoms with E-state index in [1.54, 1.807) is 0 Å². The van der Waals surface area contributed by atoms with Crippen molar-refractivity contribution in [2.24, 2.45) is 0 Å². The fourth-order valence-corrected chi connectivity index (χ4v) is 1.28. The Morgan fingerprint density at radius 2 is 2.12 bits per heavy atom. The van der Waals surface area contributed by atoms with Gasteiger partial charge in [-0.25, -0.2) is 4.79 Å². The molecule has 0 atom stereocenters. The third-order valence-corrected chi connectivity index (χ3v) is 2.11. The van der Waals surface area contributed by atoms with Gasteiger partial charge in [0.05, 0.1) is 23.5 Å². The third kappa shape index (κ3) is 3.67. The van der Waals surface area contributed by atoms with Crippen LogP contribution in [0.15, 0.2) is 18.2 Å². The minimum atomic E-state index is -1.04. The molecule has 0 unspecified atom stereocenters. The highest BCUT2D eigenvalue weighted by Crippen LogP contribution is 2.19. The molecule has 1 aromatic rings. The van der Waals surface area contributed by atoms with Crippen LogP contribution in [0, 0.1) is 0 Å². The number of hydrogen-bond acceptors (Lipinski definition) is 4. The van der Waals surface area contributed by atoms with E-state index in [0.717, 1.165) is 0 Å². The molecule has 1 amide bonds. The van der Waals surface area contributed by atoms with Crippen molar-refractivity contribution in [3.8, 4) is 0 Å². The number of hydrogen-bond donors (Lipinski definition) is 4. The molecule has 0 saturated carbocycles. The fourth-order valence-electron chi connectivity index (χ4n) is 1.28. The number of likely N-dealkylation sites (N-methyl/N-ethyl adjacent to an activating group) is 1. The van der Waals surface area contributed by atoms with Crippen LogP contribution < -0.4 is 16.4 Å².